The van der Waals surface area contributed by atoms with Gasteiger partial charge in [-0.25, -0.2) is 10.1 Å². The van der Waals surface area contributed by atoms with Crippen LogP contribution in [-0.2, 0) is 14.3 Å². The van der Waals surface area contributed by atoms with Gasteiger partial charge in [0.25, 0.3) is 5.56 Å². The van der Waals surface area contributed by atoms with Crippen LogP contribution in [0.1, 0.15) is 17.5 Å². The first-order valence-electron chi connectivity index (χ1n) is 10.8. The summed E-state index contributed by atoms with van der Waals surface area (Å²) in [6.45, 7) is 5.32. The lowest BCUT2D eigenvalue weighted by Gasteiger charge is -2.35. The topological polar surface area (TPSA) is 136 Å². The maximum Gasteiger partial charge on any atom is 0.269 e. The smallest absolute Gasteiger partial charge is 0.269 e. The minimum Gasteiger partial charge on any atom is -0.382 e. The van der Waals surface area contributed by atoms with Gasteiger partial charge in [0.2, 0.25) is 5.91 Å². The van der Waals surface area contributed by atoms with Gasteiger partial charge in [-0.15, -0.1) is 0 Å². The number of anilines is 2. The van der Waals surface area contributed by atoms with Gasteiger partial charge in [0.1, 0.15) is 11.9 Å². The fraction of sp³-hybridized carbons (Fsp3) is 0.500. The van der Waals surface area contributed by atoms with Crippen LogP contribution in [0.4, 0.5) is 11.5 Å². The van der Waals surface area contributed by atoms with E-state index in [1.54, 1.807) is 32.5 Å². The highest BCUT2D eigenvalue weighted by Gasteiger charge is 2.22. The second-order valence-electron chi connectivity index (χ2n) is 7.74. The van der Waals surface area contributed by atoms with Crippen LogP contribution in [-0.4, -0.2) is 85.1 Å². The molecule has 0 spiro atoms. The van der Waals surface area contributed by atoms with E-state index in [2.05, 4.69) is 31.5 Å². The Bertz CT molecular complexity index is 1010. The Labute approximate surface area is 192 Å². The Hall–Kier alpha value is -3.49. The van der Waals surface area contributed by atoms with E-state index in [1.807, 2.05) is 11.0 Å². The van der Waals surface area contributed by atoms with E-state index in [-0.39, 0.29) is 17.5 Å². The van der Waals surface area contributed by atoms with Crippen LogP contribution in [0.5, 0.6) is 0 Å². The molecule has 11 heteroatoms. The molecule has 3 rings (SSSR count). The Balaban J connectivity index is 1.40. The molecule has 1 fully saturated rings. The third-order valence-electron chi connectivity index (χ3n) is 5.44. The fourth-order valence-electron chi connectivity index (χ4n) is 3.52. The number of nitrogens with zero attached hydrogens (tertiary/aromatic N) is 5. The Morgan fingerprint density at radius 1 is 1.27 bits per heavy atom. The van der Waals surface area contributed by atoms with Crippen LogP contribution < -0.4 is 15.8 Å². The molecule has 3 heterocycles. The monoisotopic (exact) mass is 455 g/mol. The number of aromatic amines is 1. The van der Waals surface area contributed by atoms with E-state index in [9.17, 15) is 9.59 Å². The van der Waals surface area contributed by atoms with Gasteiger partial charge >= 0.3 is 0 Å². The molecule has 0 saturated carbocycles. The minimum absolute atomic E-state index is 0.0494. The maximum absolute atomic E-state index is 12.6. The SMILES string of the molecule is COC[C@@H](COCCC(=O)N1CCN(c2ccc(C#N)cn2)CC1)Nc1cn[nH]c(=O)c1C. The first-order chi connectivity index (χ1) is 16.0. The summed E-state index contributed by atoms with van der Waals surface area (Å²) < 4.78 is 11.0. The molecule has 1 aliphatic heterocycles. The number of hydrogen-bond donors (Lipinski definition) is 2. The van der Waals surface area contributed by atoms with E-state index in [0.29, 0.717) is 69.2 Å². The normalized spacial score (nSPS) is 14.6. The van der Waals surface area contributed by atoms with Gasteiger partial charge < -0.3 is 24.6 Å². The van der Waals surface area contributed by atoms with Crippen molar-refractivity contribution in [1.82, 2.24) is 20.1 Å². The number of hydrogen-bond acceptors (Lipinski definition) is 9. The molecular weight excluding hydrogens is 426 g/mol. The third-order valence-corrected chi connectivity index (χ3v) is 5.44. The summed E-state index contributed by atoms with van der Waals surface area (Å²) in [5.74, 6) is 0.861. The first-order valence-corrected chi connectivity index (χ1v) is 10.8. The van der Waals surface area contributed by atoms with E-state index in [1.165, 1.54) is 0 Å². The highest BCUT2D eigenvalue weighted by Crippen LogP contribution is 2.14. The second kappa shape index (κ2) is 11.9. The number of rotatable bonds is 10. The van der Waals surface area contributed by atoms with E-state index in [0.717, 1.165) is 5.82 Å². The average Bonchev–Trinajstić information content (AvgIpc) is 2.84. The minimum atomic E-state index is -0.252. The summed E-state index contributed by atoms with van der Waals surface area (Å²) >= 11 is 0. The molecule has 11 nitrogen and oxygen atoms in total. The first kappa shape index (κ1) is 24.2. The number of ether oxygens (including phenoxy) is 2. The van der Waals surface area contributed by atoms with Crippen LogP contribution in [0.15, 0.2) is 29.3 Å². The number of nitrogens with one attached hydrogen (secondary N) is 2. The lowest BCUT2D eigenvalue weighted by Crippen LogP contribution is -2.49. The Morgan fingerprint density at radius 3 is 2.73 bits per heavy atom. The van der Waals surface area contributed by atoms with Gasteiger partial charge in [-0.2, -0.15) is 10.4 Å². The number of piperazine rings is 1. The number of carbonyl (C=O) groups is 1. The van der Waals surface area contributed by atoms with Crippen molar-refractivity contribution >= 4 is 17.4 Å². The summed E-state index contributed by atoms with van der Waals surface area (Å²) in [5, 5.41) is 18.3. The predicted molar refractivity (Wildman–Crippen MR) is 122 cm³/mol. The van der Waals surface area contributed by atoms with Crippen molar-refractivity contribution in [3.8, 4) is 6.07 Å². The molecule has 0 bridgehead atoms. The van der Waals surface area contributed by atoms with Crippen molar-refractivity contribution in [2.75, 3.05) is 63.3 Å². The quantitative estimate of drug-likeness (QED) is 0.492. The summed E-state index contributed by atoms with van der Waals surface area (Å²) in [7, 11) is 1.59. The Kier molecular flexibility index (Phi) is 8.74. The van der Waals surface area contributed by atoms with Crippen LogP contribution >= 0.6 is 0 Å². The van der Waals surface area contributed by atoms with Gasteiger partial charge in [-0.05, 0) is 19.1 Å². The average molecular weight is 456 g/mol. The number of aromatic nitrogens is 3. The number of nitriles is 1. The molecule has 2 N–H and O–H groups in total. The summed E-state index contributed by atoms with van der Waals surface area (Å²) in [6, 6.07) is 5.45. The molecule has 1 saturated heterocycles. The van der Waals surface area contributed by atoms with Crippen LogP contribution in [0.3, 0.4) is 0 Å². The third kappa shape index (κ3) is 6.74. The molecule has 1 aliphatic rings. The van der Waals surface area contributed by atoms with E-state index < -0.39 is 0 Å². The van der Waals surface area contributed by atoms with Crippen molar-refractivity contribution in [2.24, 2.45) is 0 Å². The van der Waals surface area contributed by atoms with Gasteiger partial charge in [-0.1, -0.05) is 0 Å². The molecular formula is C22H29N7O4. The largest absolute Gasteiger partial charge is 0.382 e. The molecule has 176 valence electrons. The number of pyridine rings is 1. The molecule has 33 heavy (non-hydrogen) atoms. The van der Waals surface area contributed by atoms with Gasteiger partial charge in [0.05, 0.1) is 49.7 Å². The highest BCUT2D eigenvalue weighted by atomic mass is 16.5. The zero-order valence-electron chi connectivity index (χ0n) is 18.9. The zero-order chi connectivity index (χ0) is 23.6. The van der Waals surface area contributed by atoms with Gasteiger partial charge in [-0.3, -0.25) is 9.59 Å². The molecule has 2 aromatic heterocycles. The van der Waals surface area contributed by atoms with Gasteiger partial charge in [0.15, 0.2) is 0 Å². The van der Waals surface area contributed by atoms with Crippen molar-refractivity contribution in [2.45, 2.75) is 19.4 Å². The number of methoxy groups -OCH3 is 1. The Morgan fingerprint density at radius 2 is 2.06 bits per heavy atom. The standard InChI is InChI=1S/C22H29N7O4/c1-16-19(13-25-27-22(16)31)26-18(14-32-2)15-33-10-5-21(30)29-8-6-28(7-9-29)20-4-3-17(11-23)12-24-20/h3-4,12-13,18H,5-10,14-15H2,1-2H3,(H2,26,27,31)/t18-/m0/s1. The number of carbonyl (C=O) groups excluding carboxylic acids is 1. The molecule has 2 aromatic rings. The van der Waals surface area contributed by atoms with Crippen molar-refractivity contribution < 1.29 is 14.3 Å². The zero-order valence-corrected chi connectivity index (χ0v) is 18.9. The highest BCUT2D eigenvalue weighted by molar-refractivity contribution is 5.76. The van der Waals surface area contributed by atoms with Crippen LogP contribution in [0.25, 0.3) is 0 Å². The predicted octanol–water partition coefficient (Wildman–Crippen LogP) is 0.527. The van der Waals surface area contributed by atoms with E-state index >= 15 is 0 Å². The van der Waals surface area contributed by atoms with Crippen molar-refractivity contribution in [1.29, 1.82) is 5.26 Å². The summed E-state index contributed by atoms with van der Waals surface area (Å²) in [4.78, 5) is 32.5. The molecule has 0 unspecified atom stereocenters. The van der Waals surface area contributed by atoms with Crippen molar-refractivity contribution in [3.05, 3.63) is 46.0 Å². The summed E-state index contributed by atoms with van der Waals surface area (Å²) in [5.41, 5.74) is 1.43. The second-order valence-corrected chi connectivity index (χ2v) is 7.74. The van der Waals surface area contributed by atoms with E-state index in [4.69, 9.17) is 14.7 Å². The summed E-state index contributed by atoms with van der Waals surface area (Å²) in [6.07, 6.45) is 3.40. The van der Waals surface area contributed by atoms with Crippen LogP contribution in [0.2, 0.25) is 0 Å². The van der Waals surface area contributed by atoms with Gasteiger partial charge in [0, 0.05) is 45.0 Å². The number of amides is 1. The number of H-pyrrole nitrogens is 1. The molecule has 1 amide bonds. The molecule has 0 aliphatic carbocycles. The van der Waals surface area contributed by atoms with Crippen molar-refractivity contribution in [3.63, 3.8) is 0 Å². The van der Waals surface area contributed by atoms with Crippen LogP contribution in [0, 0.1) is 18.3 Å². The molecule has 0 aromatic carbocycles. The lowest BCUT2D eigenvalue weighted by atomic mass is 10.2. The maximum atomic E-state index is 12.6. The fourth-order valence-corrected chi connectivity index (χ4v) is 3.52. The molecule has 0 radical (unpaired) electrons. The molecule has 1 atom stereocenters. The lowest BCUT2D eigenvalue weighted by molar-refractivity contribution is -0.132.